The van der Waals surface area contributed by atoms with Crippen LogP contribution in [0.25, 0.3) is 6.08 Å². The van der Waals surface area contributed by atoms with Gasteiger partial charge in [0.15, 0.2) is 0 Å². The fourth-order valence-electron chi connectivity index (χ4n) is 3.78. The molecule has 4 atom stereocenters. The van der Waals surface area contributed by atoms with E-state index in [0.29, 0.717) is 4.32 Å². The molecule has 1 fully saturated rings. The van der Waals surface area contributed by atoms with Crippen molar-refractivity contribution in [1.82, 2.24) is 4.90 Å². The van der Waals surface area contributed by atoms with Crippen LogP contribution in [0.3, 0.4) is 0 Å². The Morgan fingerprint density at radius 2 is 1.93 bits per heavy atom. The van der Waals surface area contributed by atoms with E-state index in [1.807, 2.05) is 48.5 Å². The summed E-state index contributed by atoms with van der Waals surface area (Å²) >= 11 is 7.12. The fourth-order valence-corrected chi connectivity index (χ4v) is 5.59. The van der Waals surface area contributed by atoms with E-state index in [1.54, 1.807) is 29.7 Å². The van der Waals surface area contributed by atoms with Gasteiger partial charge in [-0.1, -0.05) is 97.7 Å². The molecule has 0 spiro atoms. The minimum Gasteiger partial charge on any atom is -0.388 e. The average molecular weight is 396 g/mol. The number of nitrogens with zero attached hydrogens (tertiary/aromatic N) is 1. The van der Waals surface area contributed by atoms with Crippen molar-refractivity contribution in [3.05, 3.63) is 77.4 Å². The van der Waals surface area contributed by atoms with E-state index >= 15 is 0 Å². The molecule has 3 unspecified atom stereocenters. The van der Waals surface area contributed by atoms with Gasteiger partial charge in [0, 0.05) is 5.25 Å². The molecule has 5 heteroatoms. The highest BCUT2D eigenvalue weighted by Gasteiger charge is 2.48. The van der Waals surface area contributed by atoms with Crippen molar-refractivity contribution in [2.24, 2.45) is 5.92 Å². The van der Waals surface area contributed by atoms with Crippen LogP contribution >= 0.6 is 24.0 Å². The molecule has 0 radical (unpaired) electrons. The van der Waals surface area contributed by atoms with Crippen LogP contribution in [-0.4, -0.2) is 31.6 Å². The third-order valence-electron chi connectivity index (χ3n) is 5.30. The van der Waals surface area contributed by atoms with Crippen molar-refractivity contribution in [2.45, 2.75) is 30.7 Å². The van der Waals surface area contributed by atoms with Gasteiger partial charge >= 0.3 is 0 Å². The van der Waals surface area contributed by atoms with Gasteiger partial charge in [0.25, 0.3) is 0 Å². The first-order chi connectivity index (χ1) is 13.1. The summed E-state index contributed by atoms with van der Waals surface area (Å²) in [6, 6.07) is 18.0. The van der Waals surface area contributed by atoms with Gasteiger partial charge in [0.1, 0.15) is 4.32 Å². The maximum Gasteiger partial charge on any atom is 0.234 e. The Balaban J connectivity index is 1.53. The molecule has 2 aliphatic rings. The number of carbonyl (C=O) groups is 1. The number of hydrogen-bond donors (Lipinski definition) is 1. The Kier molecular flexibility index (Phi) is 5.17. The molecule has 2 aromatic rings. The predicted octanol–water partition coefficient (Wildman–Crippen LogP) is 4.22. The molecule has 1 N–H and O–H groups in total. The van der Waals surface area contributed by atoms with Crippen LogP contribution in [0.1, 0.15) is 29.7 Å². The summed E-state index contributed by atoms with van der Waals surface area (Å²) in [6.07, 6.45) is 3.60. The molecule has 0 aromatic heterocycles. The number of carbonyl (C=O) groups excluding carboxylic acids is 1. The fraction of sp³-hybridized carbons (Fsp3) is 0.273. The Morgan fingerprint density at radius 1 is 1.22 bits per heavy atom. The van der Waals surface area contributed by atoms with Gasteiger partial charge in [-0.2, -0.15) is 0 Å². The van der Waals surface area contributed by atoms with Crippen LogP contribution in [0.15, 0.2) is 60.7 Å². The summed E-state index contributed by atoms with van der Waals surface area (Å²) in [5, 5.41) is 10.8. The van der Waals surface area contributed by atoms with Crippen molar-refractivity contribution in [2.75, 3.05) is 0 Å². The van der Waals surface area contributed by atoms with E-state index < -0.39 is 12.0 Å². The Morgan fingerprint density at radius 3 is 2.70 bits per heavy atom. The zero-order chi connectivity index (χ0) is 19.0. The standard InChI is InChI=1S/C22H21NO2S2/c1-14(18(24)12-11-15-7-3-2-4-8-15)21(25)23-20-17-10-6-5-9-16(17)13-19(20)27-22(23)26/h2-12,14,18-20,24H,13H2,1H3/b12-11+/t14-,18?,19?,20?/m0/s1. The van der Waals surface area contributed by atoms with Crippen LogP contribution in [0.5, 0.6) is 0 Å². The van der Waals surface area contributed by atoms with Crippen LogP contribution in [0, 0.1) is 5.92 Å². The molecular weight excluding hydrogens is 374 g/mol. The lowest BCUT2D eigenvalue weighted by Gasteiger charge is -2.28. The molecule has 3 nitrogen and oxygen atoms in total. The highest BCUT2D eigenvalue weighted by molar-refractivity contribution is 8.23. The number of thiocarbonyl (C=S) groups is 1. The predicted molar refractivity (Wildman–Crippen MR) is 114 cm³/mol. The van der Waals surface area contributed by atoms with E-state index in [2.05, 4.69) is 12.1 Å². The molecular formula is C22H21NO2S2. The minimum absolute atomic E-state index is 0.0149. The molecule has 1 saturated heterocycles. The topological polar surface area (TPSA) is 40.5 Å². The lowest BCUT2D eigenvalue weighted by atomic mass is 9.99. The second kappa shape index (κ2) is 7.58. The Hall–Kier alpha value is -1.95. The van der Waals surface area contributed by atoms with Gasteiger partial charge in [0.2, 0.25) is 5.91 Å². The minimum atomic E-state index is -0.860. The lowest BCUT2D eigenvalue weighted by Crippen LogP contribution is -2.41. The van der Waals surface area contributed by atoms with Gasteiger partial charge < -0.3 is 5.11 Å². The zero-order valence-electron chi connectivity index (χ0n) is 15.0. The van der Waals surface area contributed by atoms with Crippen molar-refractivity contribution >= 4 is 40.3 Å². The van der Waals surface area contributed by atoms with E-state index in [0.717, 1.165) is 12.0 Å². The van der Waals surface area contributed by atoms with Gasteiger partial charge in [0.05, 0.1) is 18.1 Å². The van der Waals surface area contributed by atoms with E-state index in [4.69, 9.17) is 12.2 Å². The SMILES string of the molecule is C[C@H](C(=O)N1C(=S)SC2Cc3ccccc3C21)C(O)/C=C/c1ccccc1. The number of thioether (sulfide) groups is 1. The number of amides is 1. The summed E-state index contributed by atoms with van der Waals surface area (Å²) in [7, 11) is 0. The first-order valence-electron chi connectivity index (χ1n) is 9.09. The smallest absolute Gasteiger partial charge is 0.234 e. The summed E-state index contributed by atoms with van der Waals surface area (Å²) < 4.78 is 0.621. The molecule has 1 amide bonds. The summed E-state index contributed by atoms with van der Waals surface area (Å²) in [4.78, 5) is 14.9. The Bertz CT molecular complexity index is 896. The quantitative estimate of drug-likeness (QED) is 0.787. The van der Waals surface area contributed by atoms with Crippen LogP contribution < -0.4 is 0 Å². The van der Waals surface area contributed by atoms with Crippen LogP contribution in [0.4, 0.5) is 0 Å². The molecule has 0 saturated carbocycles. The summed E-state index contributed by atoms with van der Waals surface area (Å²) in [5.41, 5.74) is 3.47. The average Bonchev–Trinajstić information content (AvgIpc) is 3.20. The number of fused-ring (bicyclic) bond motifs is 3. The third kappa shape index (κ3) is 3.47. The molecule has 138 valence electrons. The molecule has 1 aliphatic heterocycles. The number of rotatable bonds is 4. The largest absolute Gasteiger partial charge is 0.388 e. The van der Waals surface area contributed by atoms with Gasteiger partial charge in [-0.3, -0.25) is 9.69 Å². The number of aliphatic hydroxyl groups is 1. The van der Waals surface area contributed by atoms with E-state index in [9.17, 15) is 9.90 Å². The number of aliphatic hydroxyl groups excluding tert-OH is 1. The van der Waals surface area contributed by atoms with E-state index in [1.165, 1.54) is 11.1 Å². The van der Waals surface area contributed by atoms with Gasteiger partial charge in [-0.15, -0.1) is 0 Å². The van der Waals surface area contributed by atoms with Crippen molar-refractivity contribution in [3.8, 4) is 0 Å². The van der Waals surface area contributed by atoms with Crippen molar-refractivity contribution in [3.63, 3.8) is 0 Å². The van der Waals surface area contributed by atoms with Gasteiger partial charge in [-0.05, 0) is 23.1 Å². The summed E-state index contributed by atoms with van der Waals surface area (Å²) in [5.74, 6) is -0.670. The number of hydrogen-bond acceptors (Lipinski definition) is 4. The molecule has 0 bridgehead atoms. The molecule has 1 aliphatic carbocycles. The summed E-state index contributed by atoms with van der Waals surface area (Å²) in [6.45, 7) is 1.77. The number of benzene rings is 2. The monoisotopic (exact) mass is 395 g/mol. The van der Waals surface area contributed by atoms with Crippen molar-refractivity contribution in [1.29, 1.82) is 0 Å². The molecule has 1 heterocycles. The highest BCUT2D eigenvalue weighted by Crippen LogP contribution is 2.49. The zero-order valence-corrected chi connectivity index (χ0v) is 16.6. The maximum absolute atomic E-state index is 13.2. The second-order valence-corrected chi connectivity index (χ2v) is 8.90. The third-order valence-corrected chi connectivity index (χ3v) is 6.91. The van der Waals surface area contributed by atoms with Crippen LogP contribution in [-0.2, 0) is 11.2 Å². The first-order valence-corrected chi connectivity index (χ1v) is 10.4. The molecule has 4 rings (SSSR count). The lowest BCUT2D eigenvalue weighted by molar-refractivity contribution is -0.134. The maximum atomic E-state index is 13.2. The molecule has 2 aromatic carbocycles. The first kappa shape index (κ1) is 18.4. The van der Waals surface area contributed by atoms with Gasteiger partial charge in [-0.25, -0.2) is 0 Å². The second-order valence-electron chi connectivity index (χ2n) is 7.03. The molecule has 27 heavy (non-hydrogen) atoms. The highest BCUT2D eigenvalue weighted by atomic mass is 32.2. The van der Waals surface area contributed by atoms with Crippen molar-refractivity contribution < 1.29 is 9.90 Å². The van der Waals surface area contributed by atoms with Crippen LogP contribution in [0.2, 0.25) is 0 Å². The Labute approximate surface area is 169 Å². The normalized spacial score (nSPS) is 23.3. The van der Waals surface area contributed by atoms with E-state index in [-0.39, 0.29) is 17.2 Å².